The summed E-state index contributed by atoms with van der Waals surface area (Å²) in [6.07, 6.45) is 3.97. The van der Waals surface area contributed by atoms with E-state index in [2.05, 4.69) is 11.8 Å². The number of amides is 1. The van der Waals surface area contributed by atoms with E-state index in [1.54, 1.807) is 4.90 Å². The second-order valence-electron chi connectivity index (χ2n) is 7.50. The lowest BCUT2D eigenvalue weighted by Crippen LogP contribution is -2.56. The Balaban J connectivity index is 1.68. The molecule has 0 bridgehead atoms. The molecule has 0 aromatic heterocycles. The monoisotopic (exact) mass is 424 g/mol. The summed E-state index contributed by atoms with van der Waals surface area (Å²) in [5.41, 5.74) is -0.427. The molecule has 0 N–H and O–H groups in total. The minimum Gasteiger partial charge on any atom is -0.339 e. The number of hydrogen-bond acceptors (Lipinski definition) is 6. The molecule has 9 nitrogen and oxygen atoms in total. The van der Waals surface area contributed by atoms with Crippen molar-refractivity contribution in [3.63, 3.8) is 0 Å². The zero-order chi connectivity index (χ0) is 21.0. The van der Waals surface area contributed by atoms with E-state index in [0.717, 1.165) is 38.8 Å². The van der Waals surface area contributed by atoms with E-state index in [-0.39, 0.29) is 29.9 Å². The van der Waals surface area contributed by atoms with Gasteiger partial charge in [0.2, 0.25) is 15.9 Å². The highest BCUT2D eigenvalue weighted by Crippen LogP contribution is 2.27. The summed E-state index contributed by atoms with van der Waals surface area (Å²) in [5, 5.41) is 11.2. The van der Waals surface area contributed by atoms with Gasteiger partial charge in [0.05, 0.1) is 11.0 Å². The molecule has 1 unspecified atom stereocenters. The predicted molar refractivity (Wildman–Crippen MR) is 108 cm³/mol. The van der Waals surface area contributed by atoms with Crippen LogP contribution in [0.4, 0.5) is 5.69 Å². The van der Waals surface area contributed by atoms with Crippen molar-refractivity contribution < 1.29 is 18.1 Å². The lowest BCUT2D eigenvalue weighted by atomic mass is 10.0. The number of piperazine rings is 1. The zero-order valence-corrected chi connectivity index (χ0v) is 17.5. The molecule has 1 aromatic carbocycles. The number of carbonyl (C=O) groups is 1. The summed E-state index contributed by atoms with van der Waals surface area (Å²) in [7, 11) is -3.99. The third-order valence-electron chi connectivity index (χ3n) is 5.64. The van der Waals surface area contributed by atoms with E-state index in [4.69, 9.17) is 0 Å². The molecule has 1 amide bonds. The number of para-hydroxylation sites is 1. The Morgan fingerprint density at radius 2 is 1.83 bits per heavy atom. The van der Waals surface area contributed by atoms with Crippen LogP contribution in [0.5, 0.6) is 0 Å². The van der Waals surface area contributed by atoms with E-state index in [0.29, 0.717) is 13.1 Å². The molecule has 0 spiro atoms. The Hall–Kier alpha value is -2.04. The van der Waals surface area contributed by atoms with Crippen molar-refractivity contribution in [2.24, 2.45) is 0 Å². The highest BCUT2D eigenvalue weighted by molar-refractivity contribution is 7.89. The fourth-order valence-corrected chi connectivity index (χ4v) is 5.73. The van der Waals surface area contributed by atoms with Gasteiger partial charge in [-0.25, -0.2) is 8.42 Å². The first-order chi connectivity index (χ1) is 13.9. The molecule has 29 heavy (non-hydrogen) atoms. The summed E-state index contributed by atoms with van der Waals surface area (Å²) in [5.74, 6) is 0.0703. The van der Waals surface area contributed by atoms with Gasteiger partial charge in [-0.1, -0.05) is 25.5 Å². The number of likely N-dealkylation sites (tertiary alicyclic amines) is 1. The number of hydrogen-bond donors (Lipinski definition) is 0. The fraction of sp³-hybridized carbons (Fsp3) is 0.632. The quantitative estimate of drug-likeness (QED) is 0.508. The largest absolute Gasteiger partial charge is 0.339 e. The van der Waals surface area contributed by atoms with Crippen molar-refractivity contribution in [3.8, 4) is 0 Å². The number of rotatable bonds is 6. The highest BCUT2D eigenvalue weighted by atomic mass is 32.2. The predicted octanol–water partition coefficient (Wildman–Crippen LogP) is 1.69. The van der Waals surface area contributed by atoms with Gasteiger partial charge >= 0.3 is 0 Å². The van der Waals surface area contributed by atoms with Crippen LogP contribution in [0, 0.1) is 10.1 Å². The van der Waals surface area contributed by atoms with Crippen LogP contribution < -0.4 is 0 Å². The van der Waals surface area contributed by atoms with Gasteiger partial charge in [-0.2, -0.15) is 4.31 Å². The van der Waals surface area contributed by atoms with Crippen LogP contribution in [-0.4, -0.2) is 78.7 Å². The molecule has 0 aliphatic carbocycles. The molecule has 0 saturated carbocycles. The molecule has 10 heteroatoms. The van der Waals surface area contributed by atoms with Crippen LogP contribution in [0.2, 0.25) is 0 Å². The molecule has 2 saturated heterocycles. The highest BCUT2D eigenvalue weighted by Gasteiger charge is 2.37. The van der Waals surface area contributed by atoms with E-state index in [9.17, 15) is 23.3 Å². The van der Waals surface area contributed by atoms with E-state index in [1.807, 2.05) is 0 Å². The Labute approximate surface area is 171 Å². The van der Waals surface area contributed by atoms with Crippen molar-refractivity contribution in [1.29, 1.82) is 0 Å². The first-order valence-electron chi connectivity index (χ1n) is 10.1. The molecule has 2 aliphatic rings. The van der Waals surface area contributed by atoms with Gasteiger partial charge < -0.3 is 4.90 Å². The Kier molecular flexibility index (Phi) is 6.86. The maximum absolute atomic E-state index is 13.0. The Bertz CT molecular complexity index is 850. The van der Waals surface area contributed by atoms with Crippen LogP contribution in [0.25, 0.3) is 0 Å². The lowest BCUT2D eigenvalue weighted by Gasteiger charge is -2.40. The average molecular weight is 425 g/mol. The molecule has 3 rings (SSSR count). The number of nitrogens with zero attached hydrogens (tertiary/aromatic N) is 4. The number of nitro benzene ring substituents is 1. The molecule has 1 atom stereocenters. The molecule has 2 heterocycles. The average Bonchev–Trinajstić information content (AvgIpc) is 2.74. The van der Waals surface area contributed by atoms with Crippen LogP contribution in [0.15, 0.2) is 29.2 Å². The van der Waals surface area contributed by atoms with Gasteiger partial charge in [0.15, 0.2) is 4.90 Å². The lowest BCUT2D eigenvalue weighted by molar-refractivity contribution is -0.387. The molecule has 1 aromatic rings. The van der Waals surface area contributed by atoms with E-state index >= 15 is 0 Å². The van der Waals surface area contributed by atoms with Crippen molar-refractivity contribution in [3.05, 3.63) is 34.4 Å². The molecule has 2 fully saturated rings. The Morgan fingerprint density at radius 3 is 2.48 bits per heavy atom. The number of carbonyl (C=O) groups excluding carboxylic acids is 1. The van der Waals surface area contributed by atoms with Gasteiger partial charge in [-0.05, 0) is 38.4 Å². The minimum atomic E-state index is -3.99. The van der Waals surface area contributed by atoms with Crippen molar-refractivity contribution in [2.75, 3.05) is 39.3 Å². The minimum absolute atomic E-state index is 0.0703. The van der Waals surface area contributed by atoms with Gasteiger partial charge in [0.1, 0.15) is 0 Å². The molecule has 0 radical (unpaired) electrons. The van der Waals surface area contributed by atoms with E-state index in [1.165, 1.54) is 28.6 Å². The van der Waals surface area contributed by atoms with Gasteiger partial charge in [-0.3, -0.25) is 19.8 Å². The summed E-state index contributed by atoms with van der Waals surface area (Å²) in [6, 6.07) is 5.25. The molecule has 160 valence electrons. The molecular formula is C19H28N4O5S. The topological polar surface area (TPSA) is 104 Å². The van der Waals surface area contributed by atoms with Gasteiger partial charge in [0, 0.05) is 32.2 Å². The number of benzene rings is 1. The fourth-order valence-electron chi connectivity index (χ4n) is 4.15. The SMILES string of the molecule is CCCN1CCCCC1C(=O)N1CCN(S(=O)(=O)c2ccccc2[N+](=O)[O-])CC1. The number of piperidine rings is 1. The molecule has 2 aliphatic heterocycles. The maximum Gasteiger partial charge on any atom is 0.289 e. The first-order valence-corrected chi connectivity index (χ1v) is 11.6. The number of sulfonamides is 1. The van der Waals surface area contributed by atoms with Crippen molar-refractivity contribution in [2.45, 2.75) is 43.5 Å². The summed E-state index contributed by atoms with van der Waals surface area (Å²) in [6.45, 7) is 4.80. The first kappa shape index (κ1) is 21.7. The van der Waals surface area contributed by atoms with Crippen LogP contribution in [0.3, 0.4) is 0 Å². The summed E-state index contributed by atoms with van der Waals surface area (Å²) >= 11 is 0. The van der Waals surface area contributed by atoms with Crippen LogP contribution in [0.1, 0.15) is 32.6 Å². The third kappa shape index (κ3) is 4.59. The normalized spacial score (nSPS) is 21.8. The standard InChI is InChI=1S/C19H28N4O5S/c1-2-10-20-11-6-5-8-17(20)19(24)21-12-14-22(15-13-21)29(27,28)18-9-4-3-7-16(18)23(25)26/h3-4,7,9,17H,2,5-6,8,10-15H2,1H3. The van der Waals surface area contributed by atoms with E-state index < -0.39 is 20.6 Å². The van der Waals surface area contributed by atoms with Crippen LogP contribution in [-0.2, 0) is 14.8 Å². The maximum atomic E-state index is 13.0. The van der Waals surface area contributed by atoms with Crippen LogP contribution >= 0.6 is 0 Å². The third-order valence-corrected chi connectivity index (χ3v) is 7.59. The molecular weight excluding hydrogens is 396 g/mol. The smallest absolute Gasteiger partial charge is 0.289 e. The zero-order valence-electron chi connectivity index (χ0n) is 16.7. The number of nitro groups is 1. The van der Waals surface area contributed by atoms with Gasteiger partial charge in [0.25, 0.3) is 5.69 Å². The van der Waals surface area contributed by atoms with Crippen molar-refractivity contribution >= 4 is 21.6 Å². The van der Waals surface area contributed by atoms with Gasteiger partial charge in [-0.15, -0.1) is 0 Å². The Morgan fingerprint density at radius 1 is 1.14 bits per heavy atom. The van der Waals surface area contributed by atoms with Crippen molar-refractivity contribution in [1.82, 2.24) is 14.1 Å². The summed E-state index contributed by atoms with van der Waals surface area (Å²) < 4.78 is 27.1. The second-order valence-corrected chi connectivity index (χ2v) is 9.41. The summed E-state index contributed by atoms with van der Waals surface area (Å²) in [4.78, 5) is 27.2. The second kappa shape index (κ2) is 9.19.